The standard InChI is InChI=1S/C5H8O4.K/c1-3(5(8)9)2-4(6)7;/h3H,2H2,1H3,(H,6,7)(H,8,9);/q;+1/p-1. The van der Waals surface area contributed by atoms with Gasteiger partial charge in [-0.2, -0.15) is 0 Å². The number of carboxylic acid groups (broad SMARTS) is 2. The van der Waals surface area contributed by atoms with Crippen molar-refractivity contribution < 1.29 is 71.2 Å². The van der Waals surface area contributed by atoms with Gasteiger partial charge >= 0.3 is 57.4 Å². The first-order valence-electron chi connectivity index (χ1n) is 2.46. The predicted octanol–water partition coefficient (Wildman–Crippen LogP) is -4.15. The van der Waals surface area contributed by atoms with Gasteiger partial charge in [0.25, 0.3) is 0 Å². The van der Waals surface area contributed by atoms with Crippen LogP contribution in [0, 0.1) is 5.92 Å². The second kappa shape index (κ2) is 6.30. The van der Waals surface area contributed by atoms with E-state index in [9.17, 15) is 14.7 Å². The number of rotatable bonds is 3. The zero-order valence-corrected chi connectivity index (χ0v) is 9.08. The van der Waals surface area contributed by atoms with Crippen LogP contribution in [0.3, 0.4) is 0 Å². The van der Waals surface area contributed by atoms with Crippen molar-refractivity contribution in [2.75, 3.05) is 0 Å². The summed E-state index contributed by atoms with van der Waals surface area (Å²) in [6.07, 6.45) is -0.421. The van der Waals surface area contributed by atoms with E-state index in [-0.39, 0.29) is 51.4 Å². The molecular weight excluding hydrogens is 163 g/mol. The normalized spacial score (nSPS) is 11.3. The average molecular weight is 170 g/mol. The van der Waals surface area contributed by atoms with E-state index in [1.165, 1.54) is 6.92 Å². The Bertz CT molecular complexity index is 134. The molecule has 0 saturated heterocycles. The predicted molar refractivity (Wildman–Crippen MR) is 26.4 cm³/mol. The molecule has 0 aliphatic carbocycles. The summed E-state index contributed by atoms with van der Waals surface area (Å²) < 4.78 is 0. The van der Waals surface area contributed by atoms with Crippen molar-refractivity contribution in [3.63, 3.8) is 0 Å². The van der Waals surface area contributed by atoms with Gasteiger partial charge in [-0.05, 0) is 6.42 Å². The van der Waals surface area contributed by atoms with Crippen LogP contribution in [0.15, 0.2) is 0 Å². The van der Waals surface area contributed by atoms with Gasteiger partial charge in [-0.25, -0.2) is 0 Å². The van der Waals surface area contributed by atoms with Crippen LogP contribution in [-0.2, 0) is 9.59 Å². The minimum absolute atomic E-state index is 0. The molecule has 0 aromatic carbocycles. The summed E-state index contributed by atoms with van der Waals surface area (Å²) >= 11 is 0. The first-order chi connectivity index (χ1) is 4.04. The zero-order chi connectivity index (χ0) is 7.44. The van der Waals surface area contributed by atoms with Crippen molar-refractivity contribution in [3.8, 4) is 0 Å². The Hall–Kier alpha value is 0.576. The molecule has 0 aliphatic rings. The summed E-state index contributed by atoms with van der Waals surface area (Å²) in [4.78, 5) is 19.7. The Balaban J connectivity index is 0. The van der Waals surface area contributed by atoms with Crippen LogP contribution in [0.25, 0.3) is 0 Å². The molecule has 0 spiro atoms. The van der Waals surface area contributed by atoms with Crippen molar-refractivity contribution in [2.45, 2.75) is 13.3 Å². The van der Waals surface area contributed by atoms with E-state index in [0.29, 0.717) is 0 Å². The van der Waals surface area contributed by atoms with Gasteiger partial charge in [0, 0.05) is 5.97 Å². The molecule has 0 saturated carbocycles. The Morgan fingerprint density at radius 2 is 2.00 bits per heavy atom. The Morgan fingerprint density at radius 3 is 2.10 bits per heavy atom. The number of carboxylic acids is 2. The molecule has 0 aromatic heterocycles. The van der Waals surface area contributed by atoms with Gasteiger partial charge in [0.2, 0.25) is 0 Å². The molecule has 0 fully saturated rings. The number of carbonyl (C=O) groups is 2. The van der Waals surface area contributed by atoms with Crippen molar-refractivity contribution in [2.24, 2.45) is 5.92 Å². The Kier molecular flexibility index (Phi) is 8.30. The van der Waals surface area contributed by atoms with E-state index in [1.807, 2.05) is 0 Å². The minimum Gasteiger partial charge on any atom is -0.550 e. The molecule has 0 rings (SSSR count). The summed E-state index contributed by atoms with van der Waals surface area (Å²) in [5.74, 6) is -3.29. The Labute approximate surface area is 101 Å². The van der Waals surface area contributed by atoms with Crippen LogP contribution in [0.4, 0.5) is 0 Å². The van der Waals surface area contributed by atoms with E-state index >= 15 is 0 Å². The SMILES string of the molecule is CC(CC(=O)[O-])C(=O)O.[K+]. The van der Waals surface area contributed by atoms with Gasteiger partial charge in [0.1, 0.15) is 0 Å². The molecule has 4 nitrogen and oxygen atoms in total. The third-order valence-electron chi connectivity index (χ3n) is 0.894. The summed E-state index contributed by atoms with van der Waals surface area (Å²) in [5.41, 5.74) is 0. The molecule has 0 aliphatic heterocycles. The molecule has 10 heavy (non-hydrogen) atoms. The van der Waals surface area contributed by atoms with Crippen LogP contribution in [0.5, 0.6) is 0 Å². The van der Waals surface area contributed by atoms with Crippen molar-refractivity contribution in [1.82, 2.24) is 0 Å². The third-order valence-corrected chi connectivity index (χ3v) is 0.894. The number of carbonyl (C=O) groups excluding carboxylic acids is 1. The largest absolute Gasteiger partial charge is 1.00 e. The second-order valence-corrected chi connectivity index (χ2v) is 1.82. The number of aliphatic carboxylic acids is 2. The maximum Gasteiger partial charge on any atom is 1.00 e. The van der Waals surface area contributed by atoms with E-state index in [0.717, 1.165) is 0 Å². The molecule has 0 heterocycles. The maximum atomic E-state index is 9.94. The zero-order valence-electron chi connectivity index (χ0n) is 5.96. The van der Waals surface area contributed by atoms with Gasteiger partial charge < -0.3 is 15.0 Å². The van der Waals surface area contributed by atoms with Crippen molar-refractivity contribution in [3.05, 3.63) is 0 Å². The molecular formula is C5H7KO4. The molecule has 0 aromatic rings. The van der Waals surface area contributed by atoms with Gasteiger partial charge in [-0.1, -0.05) is 6.92 Å². The molecule has 5 heteroatoms. The fourth-order valence-corrected chi connectivity index (χ4v) is 0.337. The van der Waals surface area contributed by atoms with Gasteiger partial charge in [0.05, 0.1) is 5.92 Å². The van der Waals surface area contributed by atoms with E-state index in [4.69, 9.17) is 5.11 Å². The fourth-order valence-electron chi connectivity index (χ4n) is 0.337. The summed E-state index contributed by atoms with van der Waals surface area (Å²) in [6, 6.07) is 0. The third kappa shape index (κ3) is 6.69. The number of hydrogen-bond donors (Lipinski definition) is 1. The summed E-state index contributed by atoms with van der Waals surface area (Å²) in [6.45, 7) is 1.32. The van der Waals surface area contributed by atoms with Gasteiger partial charge in [-0.3, -0.25) is 4.79 Å². The molecule has 52 valence electrons. The van der Waals surface area contributed by atoms with Crippen LogP contribution < -0.4 is 56.5 Å². The first kappa shape index (κ1) is 13.2. The topological polar surface area (TPSA) is 77.4 Å². The monoisotopic (exact) mass is 170 g/mol. The molecule has 1 N–H and O–H groups in total. The van der Waals surface area contributed by atoms with Crippen LogP contribution in [0.2, 0.25) is 0 Å². The summed E-state index contributed by atoms with van der Waals surface area (Å²) in [7, 11) is 0. The quantitative estimate of drug-likeness (QED) is 0.436. The van der Waals surface area contributed by atoms with Crippen LogP contribution in [0.1, 0.15) is 13.3 Å². The van der Waals surface area contributed by atoms with E-state index in [2.05, 4.69) is 0 Å². The smallest absolute Gasteiger partial charge is 0.550 e. The molecule has 0 bridgehead atoms. The van der Waals surface area contributed by atoms with Gasteiger partial charge in [-0.15, -0.1) is 0 Å². The average Bonchev–Trinajstić information content (AvgIpc) is 1.63. The maximum absolute atomic E-state index is 9.94. The van der Waals surface area contributed by atoms with Crippen molar-refractivity contribution in [1.29, 1.82) is 0 Å². The summed E-state index contributed by atoms with van der Waals surface area (Å²) in [5, 5.41) is 17.9. The van der Waals surface area contributed by atoms with Crippen LogP contribution in [-0.4, -0.2) is 17.0 Å². The van der Waals surface area contributed by atoms with Crippen LogP contribution >= 0.6 is 0 Å². The molecule has 0 radical (unpaired) electrons. The van der Waals surface area contributed by atoms with E-state index < -0.39 is 24.3 Å². The molecule has 1 unspecified atom stereocenters. The van der Waals surface area contributed by atoms with Crippen molar-refractivity contribution >= 4 is 11.9 Å². The molecule has 1 atom stereocenters. The van der Waals surface area contributed by atoms with E-state index in [1.54, 1.807) is 0 Å². The first-order valence-corrected chi connectivity index (χ1v) is 2.46. The minimum atomic E-state index is -1.33. The Morgan fingerprint density at radius 1 is 1.60 bits per heavy atom. The fraction of sp³-hybridized carbons (Fsp3) is 0.600. The number of hydrogen-bond acceptors (Lipinski definition) is 3. The molecule has 0 amide bonds. The second-order valence-electron chi connectivity index (χ2n) is 1.82. The van der Waals surface area contributed by atoms with Gasteiger partial charge in [0.15, 0.2) is 0 Å².